The van der Waals surface area contributed by atoms with Crippen LogP contribution in [0.25, 0.3) is 0 Å². The van der Waals surface area contributed by atoms with Crippen LogP contribution in [0.2, 0.25) is 0 Å². The third-order valence-corrected chi connectivity index (χ3v) is 4.14. The van der Waals surface area contributed by atoms with Gasteiger partial charge in [-0.05, 0) is 36.5 Å². The van der Waals surface area contributed by atoms with Crippen LogP contribution in [0, 0.1) is 11.7 Å². The summed E-state index contributed by atoms with van der Waals surface area (Å²) in [6.45, 7) is 2.61. The molecule has 1 fully saturated rings. The average molecular weight is 265 g/mol. The summed E-state index contributed by atoms with van der Waals surface area (Å²) in [5, 5.41) is 0. The number of ether oxygens (including phenoxy) is 1. The van der Waals surface area contributed by atoms with Gasteiger partial charge in [0.25, 0.3) is 0 Å². The van der Waals surface area contributed by atoms with Gasteiger partial charge in [-0.3, -0.25) is 0 Å². The first-order chi connectivity index (χ1) is 9.24. The lowest BCUT2D eigenvalue weighted by molar-refractivity contribution is -0.0587. The van der Waals surface area contributed by atoms with Crippen LogP contribution in [0.15, 0.2) is 24.3 Å². The second kappa shape index (κ2) is 7.01. The van der Waals surface area contributed by atoms with E-state index in [4.69, 9.17) is 10.5 Å². The lowest BCUT2D eigenvalue weighted by atomic mass is 9.84. The first-order valence-corrected chi connectivity index (χ1v) is 7.35. The number of hydrogen-bond acceptors (Lipinski definition) is 2. The topological polar surface area (TPSA) is 35.2 Å². The molecule has 0 saturated heterocycles. The van der Waals surface area contributed by atoms with E-state index >= 15 is 0 Å². The van der Waals surface area contributed by atoms with Gasteiger partial charge in [-0.2, -0.15) is 0 Å². The SMILES string of the molecule is CCC1CCCCC1OC(CN)c1cccc(F)c1. The molecule has 0 aliphatic heterocycles. The third kappa shape index (κ3) is 3.77. The van der Waals surface area contributed by atoms with Gasteiger partial charge in [0.05, 0.1) is 12.2 Å². The molecule has 0 radical (unpaired) electrons. The molecule has 2 N–H and O–H groups in total. The standard InChI is InChI=1S/C16H24FNO/c1-2-12-6-3-4-9-15(12)19-16(11-18)13-7-5-8-14(17)10-13/h5,7-8,10,12,15-16H,2-4,6,9,11,18H2,1H3. The first-order valence-electron chi connectivity index (χ1n) is 7.35. The average Bonchev–Trinajstić information content (AvgIpc) is 2.45. The van der Waals surface area contributed by atoms with Crippen LogP contribution < -0.4 is 5.73 Å². The minimum Gasteiger partial charge on any atom is -0.369 e. The Morgan fingerprint density at radius 1 is 1.37 bits per heavy atom. The molecule has 1 aromatic carbocycles. The van der Waals surface area contributed by atoms with Gasteiger partial charge >= 0.3 is 0 Å². The Kier molecular flexibility index (Phi) is 5.34. The summed E-state index contributed by atoms with van der Waals surface area (Å²) in [6.07, 6.45) is 6.09. The van der Waals surface area contributed by atoms with Gasteiger partial charge < -0.3 is 10.5 Å². The zero-order valence-corrected chi connectivity index (χ0v) is 11.6. The van der Waals surface area contributed by atoms with Crippen LogP contribution in [0.4, 0.5) is 4.39 Å². The van der Waals surface area contributed by atoms with Gasteiger partial charge in [0.15, 0.2) is 0 Å². The first kappa shape index (κ1) is 14.5. The van der Waals surface area contributed by atoms with Gasteiger partial charge in [0.2, 0.25) is 0 Å². The molecule has 2 rings (SSSR count). The van der Waals surface area contributed by atoms with E-state index in [1.807, 2.05) is 6.07 Å². The summed E-state index contributed by atoms with van der Waals surface area (Å²) < 4.78 is 19.5. The number of halogens is 1. The largest absolute Gasteiger partial charge is 0.369 e. The number of benzene rings is 1. The van der Waals surface area contributed by atoms with E-state index in [-0.39, 0.29) is 18.0 Å². The van der Waals surface area contributed by atoms with Crippen LogP contribution in [0.3, 0.4) is 0 Å². The van der Waals surface area contributed by atoms with Crippen molar-refractivity contribution in [2.45, 2.75) is 51.2 Å². The molecular formula is C16H24FNO. The van der Waals surface area contributed by atoms with Crippen molar-refractivity contribution in [3.8, 4) is 0 Å². The van der Waals surface area contributed by atoms with Crippen molar-refractivity contribution in [1.82, 2.24) is 0 Å². The Balaban J connectivity index is 2.05. The molecule has 0 spiro atoms. The highest BCUT2D eigenvalue weighted by molar-refractivity contribution is 5.19. The fourth-order valence-electron chi connectivity index (χ4n) is 3.01. The second-order valence-electron chi connectivity index (χ2n) is 5.41. The van der Waals surface area contributed by atoms with Gasteiger partial charge in [-0.25, -0.2) is 4.39 Å². The van der Waals surface area contributed by atoms with Crippen LogP contribution >= 0.6 is 0 Å². The van der Waals surface area contributed by atoms with E-state index in [2.05, 4.69) is 6.92 Å². The van der Waals surface area contributed by atoms with Crippen molar-refractivity contribution >= 4 is 0 Å². The quantitative estimate of drug-likeness (QED) is 0.878. The summed E-state index contributed by atoms with van der Waals surface area (Å²) in [4.78, 5) is 0. The van der Waals surface area contributed by atoms with Gasteiger partial charge in [0, 0.05) is 6.54 Å². The Hall–Kier alpha value is -0.930. The second-order valence-corrected chi connectivity index (χ2v) is 5.41. The molecule has 2 nitrogen and oxygen atoms in total. The summed E-state index contributed by atoms with van der Waals surface area (Å²) in [6, 6.07) is 6.59. The van der Waals surface area contributed by atoms with Crippen LogP contribution in [-0.4, -0.2) is 12.6 Å². The monoisotopic (exact) mass is 265 g/mol. The minimum absolute atomic E-state index is 0.187. The fraction of sp³-hybridized carbons (Fsp3) is 0.625. The van der Waals surface area contributed by atoms with Crippen molar-refractivity contribution in [3.63, 3.8) is 0 Å². The molecule has 1 aliphatic rings. The van der Waals surface area contributed by atoms with Crippen molar-refractivity contribution < 1.29 is 9.13 Å². The van der Waals surface area contributed by atoms with Crippen LogP contribution in [0.5, 0.6) is 0 Å². The predicted octanol–water partition coefficient (Wildman–Crippen LogP) is 3.81. The number of rotatable bonds is 5. The van der Waals surface area contributed by atoms with E-state index in [1.54, 1.807) is 6.07 Å². The maximum absolute atomic E-state index is 13.3. The molecule has 106 valence electrons. The summed E-state index contributed by atoms with van der Waals surface area (Å²) >= 11 is 0. The van der Waals surface area contributed by atoms with Crippen molar-refractivity contribution in [2.75, 3.05) is 6.54 Å². The molecule has 3 atom stereocenters. The minimum atomic E-state index is -0.227. The highest BCUT2D eigenvalue weighted by Crippen LogP contribution is 2.32. The van der Waals surface area contributed by atoms with Gasteiger partial charge in [-0.1, -0.05) is 38.3 Å². The maximum atomic E-state index is 13.3. The Morgan fingerprint density at radius 2 is 2.16 bits per heavy atom. The van der Waals surface area contributed by atoms with Crippen LogP contribution in [0.1, 0.15) is 50.7 Å². The molecule has 1 saturated carbocycles. The molecular weight excluding hydrogens is 241 g/mol. The van der Waals surface area contributed by atoms with Crippen LogP contribution in [-0.2, 0) is 4.74 Å². The molecule has 0 amide bonds. The van der Waals surface area contributed by atoms with Gasteiger partial charge in [0.1, 0.15) is 5.82 Å². The normalized spacial score (nSPS) is 25.2. The molecule has 1 aromatic rings. The summed E-state index contributed by atoms with van der Waals surface area (Å²) in [5.41, 5.74) is 6.66. The van der Waals surface area contributed by atoms with E-state index in [1.165, 1.54) is 31.4 Å². The van der Waals surface area contributed by atoms with Crippen molar-refractivity contribution in [3.05, 3.63) is 35.6 Å². The smallest absolute Gasteiger partial charge is 0.123 e. The maximum Gasteiger partial charge on any atom is 0.123 e. The molecule has 3 heteroatoms. The lowest BCUT2D eigenvalue weighted by Gasteiger charge is -2.33. The van der Waals surface area contributed by atoms with E-state index in [0.717, 1.165) is 18.4 Å². The van der Waals surface area contributed by atoms with E-state index in [9.17, 15) is 4.39 Å². The van der Waals surface area contributed by atoms with Gasteiger partial charge in [-0.15, -0.1) is 0 Å². The zero-order chi connectivity index (χ0) is 13.7. The Bertz CT molecular complexity index is 396. The lowest BCUT2D eigenvalue weighted by Crippen LogP contribution is -2.31. The highest BCUT2D eigenvalue weighted by Gasteiger charge is 2.27. The highest BCUT2D eigenvalue weighted by atomic mass is 19.1. The molecule has 0 heterocycles. The Morgan fingerprint density at radius 3 is 2.84 bits per heavy atom. The van der Waals surface area contributed by atoms with Crippen molar-refractivity contribution in [1.29, 1.82) is 0 Å². The molecule has 0 aromatic heterocycles. The summed E-state index contributed by atoms with van der Waals surface area (Å²) in [7, 11) is 0. The summed E-state index contributed by atoms with van der Waals surface area (Å²) in [5.74, 6) is 0.395. The molecule has 3 unspecified atom stereocenters. The molecule has 1 aliphatic carbocycles. The fourth-order valence-corrected chi connectivity index (χ4v) is 3.01. The number of hydrogen-bond donors (Lipinski definition) is 1. The predicted molar refractivity (Wildman–Crippen MR) is 75.3 cm³/mol. The molecule has 19 heavy (non-hydrogen) atoms. The van der Waals surface area contributed by atoms with E-state index < -0.39 is 0 Å². The number of nitrogens with two attached hydrogens (primary N) is 1. The molecule has 0 bridgehead atoms. The third-order valence-electron chi connectivity index (χ3n) is 4.14. The van der Waals surface area contributed by atoms with E-state index in [0.29, 0.717) is 12.5 Å². The Labute approximate surface area is 115 Å². The van der Waals surface area contributed by atoms with Crippen molar-refractivity contribution in [2.24, 2.45) is 11.7 Å². The zero-order valence-electron chi connectivity index (χ0n) is 11.6.